The third-order valence-electron chi connectivity index (χ3n) is 4.36. The molecule has 2 rings (SSSR count). The number of rotatable bonds is 7. The van der Waals surface area contributed by atoms with Crippen LogP contribution in [0.4, 0.5) is 0 Å². The average Bonchev–Trinajstić information content (AvgIpc) is 3.13. The summed E-state index contributed by atoms with van der Waals surface area (Å²) < 4.78 is 1.89. The number of thiazole rings is 1. The first-order chi connectivity index (χ1) is 12.3. The van der Waals surface area contributed by atoms with E-state index in [9.17, 15) is 0 Å². The fraction of sp³-hybridized carbons (Fsp3) is 0.632. The van der Waals surface area contributed by atoms with Crippen LogP contribution in [0.25, 0.3) is 0 Å². The monoisotopic (exact) mass is 504 g/mol. The molecule has 0 aromatic carbocycles. The standard InChI is InChI=1S/C19H32N6S.HI/c1-8-16-14(4)26-17(22-16)9-10-21-19(20-5)24(6)11-15-12-25(7)23-18(15)13(2)3;/h12-13H,8-11H2,1-7H3,(H,20,21);1H. The normalized spacial score (nSPS) is 11.6. The molecule has 0 saturated heterocycles. The van der Waals surface area contributed by atoms with E-state index in [1.165, 1.54) is 21.1 Å². The van der Waals surface area contributed by atoms with E-state index in [1.54, 1.807) is 11.3 Å². The van der Waals surface area contributed by atoms with Crippen molar-refractivity contribution in [2.24, 2.45) is 12.0 Å². The third-order valence-corrected chi connectivity index (χ3v) is 5.43. The summed E-state index contributed by atoms with van der Waals surface area (Å²) in [4.78, 5) is 12.6. The van der Waals surface area contributed by atoms with E-state index in [-0.39, 0.29) is 24.0 Å². The molecule has 0 spiro atoms. The van der Waals surface area contributed by atoms with Crippen molar-refractivity contribution in [2.45, 2.75) is 53.0 Å². The van der Waals surface area contributed by atoms with Gasteiger partial charge in [0.05, 0.1) is 16.4 Å². The summed E-state index contributed by atoms with van der Waals surface area (Å²) in [5.74, 6) is 1.31. The molecule has 2 aromatic rings. The topological polar surface area (TPSA) is 58.3 Å². The van der Waals surface area contributed by atoms with Crippen molar-refractivity contribution in [3.63, 3.8) is 0 Å². The molecule has 0 aliphatic rings. The Bertz CT molecular complexity index is 749. The van der Waals surface area contributed by atoms with Gasteiger partial charge in [-0.25, -0.2) is 4.98 Å². The SMILES string of the molecule is CCc1nc(CCNC(=NC)N(C)Cc2cn(C)nc2C(C)C)sc1C.I. The molecule has 0 bridgehead atoms. The predicted molar refractivity (Wildman–Crippen MR) is 125 cm³/mol. The van der Waals surface area contributed by atoms with Gasteiger partial charge in [0.25, 0.3) is 0 Å². The molecule has 27 heavy (non-hydrogen) atoms. The largest absolute Gasteiger partial charge is 0.356 e. The zero-order valence-electron chi connectivity index (χ0n) is 17.5. The van der Waals surface area contributed by atoms with Crippen molar-refractivity contribution in [1.82, 2.24) is 25.0 Å². The lowest BCUT2D eigenvalue weighted by molar-refractivity contribution is 0.474. The van der Waals surface area contributed by atoms with Crippen molar-refractivity contribution in [1.29, 1.82) is 0 Å². The maximum Gasteiger partial charge on any atom is 0.193 e. The number of hydrogen-bond donors (Lipinski definition) is 1. The van der Waals surface area contributed by atoms with Crippen LogP contribution < -0.4 is 5.32 Å². The third kappa shape index (κ3) is 6.44. The molecule has 2 aromatic heterocycles. The Morgan fingerprint density at radius 1 is 1.41 bits per heavy atom. The Morgan fingerprint density at radius 2 is 2.11 bits per heavy atom. The second-order valence-corrected chi connectivity index (χ2v) is 8.20. The first kappa shape index (κ1) is 23.9. The highest BCUT2D eigenvalue weighted by molar-refractivity contribution is 14.0. The quantitative estimate of drug-likeness (QED) is 0.355. The van der Waals surface area contributed by atoms with Gasteiger partial charge in [-0.05, 0) is 19.3 Å². The van der Waals surface area contributed by atoms with Gasteiger partial charge in [-0.15, -0.1) is 35.3 Å². The number of aryl methyl sites for hydroxylation is 3. The van der Waals surface area contributed by atoms with Gasteiger partial charge in [-0.2, -0.15) is 5.10 Å². The summed E-state index contributed by atoms with van der Waals surface area (Å²) in [5, 5.41) is 9.24. The molecule has 1 N–H and O–H groups in total. The molecule has 0 fully saturated rings. The highest BCUT2D eigenvalue weighted by atomic mass is 127. The number of aliphatic imine (C=N–C) groups is 1. The van der Waals surface area contributed by atoms with E-state index < -0.39 is 0 Å². The van der Waals surface area contributed by atoms with Crippen LogP contribution in [0.15, 0.2) is 11.2 Å². The van der Waals surface area contributed by atoms with Crippen LogP contribution in [0.5, 0.6) is 0 Å². The van der Waals surface area contributed by atoms with Crippen LogP contribution in [0, 0.1) is 6.92 Å². The maximum absolute atomic E-state index is 4.71. The molecule has 152 valence electrons. The summed E-state index contributed by atoms with van der Waals surface area (Å²) >= 11 is 1.80. The zero-order chi connectivity index (χ0) is 19.3. The molecule has 6 nitrogen and oxygen atoms in total. The molecule has 0 radical (unpaired) electrons. The molecular weight excluding hydrogens is 471 g/mol. The van der Waals surface area contributed by atoms with Gasteiger partial charge in [-0.1, -0.05) is 20.8 Å². The molecule has 0 atom stereocenters. The zero-order valence-corrected chi connectivity index (χ0v) is 20.7. The number of guanidine groups is 1. The predicted octanol–water partition coefficient (Wildman–Crippen LogP) is 3.74. The van der Waals surface area contributed by atoms with Crippen molar-refractivity contribution in [2.75, 3.05) is 20.6 Å². The fourth-order valence-corrected chi connectivity index (χ4v) is 4.10. The molecule has 0 aliphatic heterocycles. The summed E-state index contributed by atoms with van der Waals surface area (Å²) in [6.45, 7) is 10.3. The van der Waals surface area contributed by atoms with E-state index in [1.807, 2.05) is 18.8 Å². The van der Waals surface area contributed by atoms with Gasteiger partial charge >= 0.3 is 0 Å². The first-order valence-corrected chi connectivity index (χ1v) is 10.1. The smallest absolute Gasteiger partial charge is 0.193 e. The van der Waals surface area contributed by atoms with E-state index in [4.69, 9.17) is 4.98 Å². The molecular formula is C19H33IN6S. The van der Waals surface area contributed by atoms with Crippen LogP contribution in [0.3, 0.4) is 0 Å². The molecule has 2 heterocycles. The van der Waals surface area contributed by atoms with E-state index in [2.05, 4.69) is 61.2 Å². The molecule has 8 heteroatoms. The van der Waals surface area contributed by atoms with Crippen molar-refractivity contribution >= 4 is 41.3 Å². The molecule has 0 aliphatic carbocycles. The van der Waals surface area contributed by atoms with Gasteiger partial charge in [0.15, 0.2) is 5.96 Å². The number of nitrogens with zero attached hydrogens (tertiary/aromatic N) is 5. The van der Waals surface area contributed by atoms with Crippen LogP contribution in [-0.2, 0) is 26.4 Å². The van der Waals surface area contributed by atoms with Crippen molar-refractivity contribution in [3.05, 3.63) is 33.0 Å². The minimum atomic E-state index is 0. The Kier molecular flexibility index (Phi) is 9.72. The van der Waals surface area contributed by atoms with E-state index >= 15 is 0 Å². The van der Waals surface area contributed by atoms with Gasteiger partial charge in [0.1, 0.15) is 0 Å². The van der Waals surface area contributed by atoms with Gasteiger partial charge in [0, 0.05) is 57.3 Å². The molecule has 0 unspecified atom stereocenters. The highest BCUT2D eigenvalue weighted by Gasteiger charge is 2.15. The average molecular weight is 504 g/mol. The van der Waals surface area contributed by atoms with Crippen LogP contribution in [0.2, 0.25) is 0 Å². The second kappa shape index (κ2) is 11.0. The summed E-state index contributed by atoms with van der Waals surface area (Å²) in [5.41, 5.74) is 3.63. The Morgan fingerprint density at radius 3 is 2.67 bits per heavy atom. The second-order valence-electron chi connectivity index (χ2n) is 6.91. The minimum Gasteiger partial charge on any atom is -0.356 e. The lowest BCUT2D eigenvalue weighted by atomic mass is 10.1. The number of nitrogens with one attached hydrogen (secondary N) is 1. The number of aromatic nitrogens is 3. The Labute approximate surface area is 184 Å². The van der Waals surface area contributed by atoms with Crippen molar-refractivity contribution in [3.8, 4) is 0 Å². The first-order valence-electron chi connectivity index (χ1n) is 9.25. The fourth-order valence-electron chi connectivity index (χ4n) is 3.08. The molecule has 0 saturated carbocycles. The summed E-state index contributed by atoms with van der Waals surface area (Å²) in [6, 6.07) is 0. The van der Waals surface area contributed by atoms with E-state index in [0.29, 0.717) is 5.92 Å². The summed E-state index contributed by atoms with van der Waals surface area (Å²) in [6.07, 6.45) is 4.02. The Hall–Kier alpha value is -1.16. The highest BCUT2D eigenvalue weighted by Crippen LogP contribution is 2.19. The molecule has 0 amide bonds. The van der Waals surface area contributed by atoms with E-state index in [0.717, 1.165) is 37.6 Å². The minimum absolute atomic E-state index is 0. The number of halogens is 1. The lowest BCUT2D eigenvalue weighted by Gasteiger charge is -2.22. The van der Waals surface area contributed by atoms with Gasteiger partial charge < -0.3 is 10.2 Å². The van der Waals surface area contributed by atoms with Crippen LogP contribution in [-0.4, -0.2) is 46.3 Å². The number of hydrogen-bond acceptors (Lipinski definition) is 4. The van der Waals surface area contributed by atoms with Gasteiger partial charge in [0.2, 0.25) is 0 Å². The van der Waals surface area contributed by atoms with Gasteiger partial charge in [-0.3, -0.25) is 9.67 Å². The van der Waals surface area contributed by atoms with Crippen LogP contribution >= 0.6 is 35.3 Å². The van der Waals surface area contributed by atoms with Crippen LogP contribution in [0.1, 0.15) is 53.5 Å². The Balaban J connectivity index is 0.00000364. The summed E-state index contributed by atoms with van der Waals surface area (Å²) in [7, 11) is 5.87. The maximum atomic E-state index is 4.71. The lowest BCUT2D eigenvalue weighted by Crippen LogP contribution is -2.39. The van der Waals surface area contributed by atoms with Crippen molar-refractivity contribution < 1.29 is 0 Å².